The van der Waals surface area contributed by atoms with Crippen molar-refractivity contribution in [3.8, 4) is 22.6 Å². The lowest BCUT2D eigenvalue weighted by molar-refractivity contribution is -0.121. The van der Waals surface area contributed by atoms with E-state index < -0.39 is 0 Å². The van der Waals surface area contributed by atoms with E-state index in [4.69, 9.17) is 9.47 Å². The van der Waals surface area contributed by atoms with E-state index in [2.05, 4.69) is 35.4 Å². The number of rotatable bonds is 8. The van der Waals surface area contributed by atoms with Crippen LogP contribution in [-0.2, 0) is 11.2 Å². The highest BCUT2D eigenvalue weighted by molar-refractivity contribution is 7.99. The normalized spacial score (nSPS) is 15.0. The number of amides is 1. The van der Waals surface area contributed by atoms with E-state index in [1.165, 1.54) is 0 Å². The molecule has 0 radical (unpaired) electrons. The first-order chi connectivity index (χ1) is 16.0. The van der Waals surface area contributed by atoms with Crippen LogP contribution in [0.1, 0.15) is 5.56 Å². The SMILES string of the molecule is COc1ccc2c(c1)C[C@@H](C(=O)Nc1ccc(-c3ccncc3)cc1SCCN(C)C)CO2. The zero-order valence-corrected chi connectivity index (χ0v) is 20.0. The molecule has 0 unspecified atom stereocenters. The number of nitrogens with one attached hydrogen (secondary N) is 1. The Labute approximate surface area is 199 Å². The molecule has 1 atom stereocenters. The van der Waals surface area contributed by atoms with Gasteiger partial charge < -0.3 is 19.7 Å². The Bertz CT molecular complexity index is 1110. The highest BCUT2D eigenvalue weighted by atomic mass is 32.2. The maximum atomic E-state index is 13.2. The zero-order chi connectivity index (χ0) is 23.2. The van der Waals surface area contributed by atoms with Crippen molar-refractivity contribution in [3.63, 3.8) is 0 Å². The van der Waals surface area contributed by atoms with Gasteiger partial charge in [0.1, 0.15) is 18.1 Å². The topological polar surface area (TPSA) is 63.7 Å². The molecule has 6 nitrogen and oxygen atoms in total. The van der Waals surface area contributed by atoms with Gasteiger partial charge in [0.05, 0.1) is 18.7 Å². The van der Waals surface area contributed by atoms with Crippen molar-refractivity contribution >= 4 is 23.4 Å². The highest BCUT2D eigenvalue weighted by Gasteiger charge is 2.27. The number of methoxy groups -OCH3 is 1. The molecule has 33 heavy (non-hydrogen) atoms. The van der Waals surface area contributed by atoms with Crippen molar-refractivity contribution in [3.05, 3.63) is 66.5 Å². The third-order valence-electron chi connectivity index (χ3n) is 5.59. The van der Waals surface area contributed by atoms with Crippen LogP contribution in [-0.4, -0.2) is 55.9 Å². The lowest BCUT2D eigenvalue weighted by Crippen LogP contribution is -2.32. The number of carbonyl (C=O) groups excluding carboxylic acids is 1. The van der Waals surface area contributed by atoms with E-state index in [-0.39, 0.29) is 11.8 Å². The molecule has 1 aromatic heterocycles. The summed E-state index contributed by atoms with van der Waals surface area (Å²) in [5.74, 6) is 2.22. The fourth-order valence-electron chi connectivity index (χ4n) is 3.71. The number of carbonyl (C=O) groups is 1. The summed E-state index contributed by atoms with van der Waals surface area (Å²) in [5, 5.41) is 3.16. The van der Waals surface area contributed by atoms with Gasteiger partial charge in [0.2, 0.25) is 5.91 Å². The van der Waals surface area contributed by atoms with Crippen LogP contribution in [0.3, 0.4) is 0 Å². The first-order valence-corrected chi connectivity index (χ1v) is 11.9. The molecule has 3 aromatic rings. The molecule has 1 amide bonds. The molecule has 2 aromatic carbocycles. The van der Waals surface area contributed by atoms with E-state index in [1.54, 1.807) is 31.3 Å². The van der Waals surface area contributed by atoms with E-state index in [0.29, 0.717) is 13.0 Å². The van der Waals surface area contributed by atoms with Gasteiger partial charge in [0.15, 0.2) is 0 Å². The number of anilines is 1. The van der Waals surface area contributed by atoms with Crippen LogP contribution in [0.15, 0.2) is 65.8 Å². The van der Waals surface area contributed by atoms with Crippen LogP contribution in [0, 0.1) is 5.92 Å². The molecule has 1 aliphatic heterocycles. The number of hydrogen-bond donors (Lipinski definition) is 1. The Hall–Kier alpha value is -3.03. The van der Waals surface area contributed by atoms with Crippen molar-refractivity contribution in [1.29, 1.82) is 0 Å². The molecule has 4 rings (SSSR count). The van der Waals surface area contributed by atoms with Gasteiger partial charge >= 0.3 is 0 Å². The first-order valence-electron chi connectivity index (χ1n) is 11.0. The molecular formula is C26H29N3O3S. The number of hydrogen-bond acceptors (Lipinski definition) is 6. The largest absolute Gasteiger partial charge is 0.497 e. The monoisotopic (exact) mass is 463 g/mol. The first kappa shape index (κ1) is 23.1. The van der Waals surface area contributed by atoms with Crippen molar-refractivity contribution < 1.29 is 14.3 Å². The zero-order valence-electron chi connectivity index (χ0n) is 19.2. The molecule has 0 fully saturated rings. The molecule has 0 saturated carbocycles. The number of pyridine rings is 1. The van der Waals surface area contributed by atoms with E-state index >= 15 is 0 Å². The number of fused-ring (bicyclic) bond motifs is 1. The molecule has 0 aliphatic carbocycles. The highest BCUT2D eigenvalue weighted by Crippen LogP contribution is 2.34. The van der Waals surface area contributed by atoms with Crippen molar-refractivity contribution in [2.24, 2.45) is 5.92 Å². The van der Waals surface area contributed by atoms with Crippen molar-refractivity contribution in [2.45, 2.75) is 11.3 Å². The minimum atomic E-state index is -0.260. The molecule has 0 spiro atoms. The summed E-state index contributed by atoms with van der Waals surface area (Å²) in [5.41, 5.74) is 4.03. The maximum absolute atomic E-state index is 13.2. The Kier molecular flexibility index (Phi) is 7.52. The summed E-state index contributed by atoms with van der Waals surface area (Å²) in [6.07, 6.45) is 4.20. The fraction of sp³-hybridized carbons (Fsp3) is 0.308. The predicted molar refractivity (Wildman–Crippen MR) is 133 cm³/mol. The second kappa shape index (κ2) is 10.7. The molecule has 0 saturated heterocycles. The summed E-state index contributed by atoms with van der Waals surface area (Å²) in [6, 6.07) is 15.9. The van der Waals surface area contributed by atoms with Crippen LogP contribution < -0.4 is 14.8 Å². The Morgan fingerprint density at radius 3 is 2.73 bits per heavy atom. The molecule has 1 N–H and O–H groups in total. The van der Waals surface area contributed by atoms with Crippen LogP contribution in [0.5, 0.6) is 11.5 Å². The van der Waals surface area contributed by atoms with Gasteiger partial charge in [0.25, 0.3) is 0 Å². The van der Waals surface area contributed by atoms with Crippen LogP contribution >= 0.6 is 11.8 Å². The van der Waals surface area contributed by atoms with Gasteiger partial charge in [-0.25, -0.2) is 0 Å². The number of aromatic nitrogens is 1. The minimum absolute atomic E-state index is 0.0328. The van der Waals surface area contributed by atoms with Crippen molar-refractivity contribution in [1.82, 2.24) is 9.88 Å². The lowest BCUT2D eigenvalue weighted by Gasteiger charge is -2.25. The Morgan fingerprint density at radius 1 is 1.15 bits per heavy atom. The van der Waals surface area contributed by atoms with Crippen molar-refractivity contribution in [2.75, 3.05) is 45.4 Å². The van der Waals surface area contributed by atoms with Crippen LogP contribution in [0.4, 0.5) is 5.69 Å². The van der Waals surface area contributed by atoms with Gasteiger partial charge in [-0.3, -0.25) is 9.78 Å². The summed E-state index contributed by atoms with van der Waals surface area (Å²) >= 11 is 1.75. The third-order valence-corrected chi connectivity index (χ3v) is 6.63. The average molecular weight is 464 g/mol. The summed E-state index contributed by atoms with van der Waals surface area (Å²) < 4.78 is 11.2. The number of ether oxygens (including phenoxy) is 2. The number of benzene rings is 2. The number of thioether (sulfide) groups is 1. The number of nitrogens with zero attached hydrogens (tertiary/aromatic N) is 2. The maximum Gasteiger partial charge on any atom is 0.231 e. The van der Waals surface area contributed by atoms with Gasteiger partial charge in [0, 0.05) is 29.6 Å². The lowest BCUT2D eigenvalue weighted by atomic mass is 9.95. The van der Waals surface area contributed by atoms with Gasteiger partial charge in [-0.15, -0.1) is 11.8 Å². The van der Waals surface area contributed by atoms with E-state index in [9.17, 15) is 4.79 Å². The smallest absolute Gasteiger partial charge is 0.231 e. The van der Waals surface area contributed by atoms with Crippen LogP contribution in [0.25, 0.3) is 11.1 Å². The van der Waals surface area contributed by atoms with Gasteiger partial charge in [-0.05, 0) is 79.7 Å². The second-order valence-electron chi connectivity index (χ2n) is 8.27. The van der Waals surface area contributed by atoms with Gasteiger partial charge in [-0.1, -0.05) is 6.07 Å². The Balaban J connectivity index is 1.52. The van der Waals surface area contributed by atoms with Crippen LogP contribution in [0.2, 0.25) is 0 Å². The quantitative estimate of drug-likeness (QED) is 0.493. The summed E-state index contributed by atoms with van der Waals surface area (Å²) in [6.45, 7) is 1.32. The molecule has 2 heterocycles. The third kappa shape index (κ3) is 5.86. The van der Waals surface area contributed by atoms with E-state index in [1.807, 2.05) is 42.5 Å². The standard InChI is InChI=1S/C26H29N3O3S/c1-29(2)12-13-33-25-16-19(18-8-10-27-11-9-18)4-6-23(25)28-26(30)21-14-20-15-22(31-3)5-7-24(20)32-17-21/h4-11,15-16,21H,12-14,17H2,1-3H3,(H,28,30)/t21-/m1/s1. The molecule has 172 valence electrons. The minimum Gasteiger partial charge on any atom is -0.497 e. The second-order valence-corrected chi connectivity index (χ2v) is 9.41. The molecule has 1 aliphatic rings. The Morgan fingerprint density at radius 2 is 1.97 bits per heavy atom. The molecule has 7 heteroatoms. The predicted octanol–water partition coefficient (Wildman–Crippen LogP) is 4.60. The van der Waals surface area contributed by atoms with E-state index in [0.717, 1.165) is 51.1 Å². The average Bonchev–Trinajstić information content (AvgIpc) is 2.84. The fourth-order valence-corrected chi connectivity index (χ4v) is 4.87. The molecule has 0 bridgehead atoms. The van der Waals surface area contributed by atoms with Gasteiger partial charge in [-0.2, -0.15) is 0 Å². The summed E-state index contributed by atoms with van der Waals surface area (Å²) in [7, 11) is 5.76. The summed E-state index contributed by atoms with van der Waals surface area (Å²) in [4.78, 5) is 20.5. The molecular weight excluding hydrogens is 434 g/mol.